The number of nitrogens with one attached hydrogen (secondary N) is 1. The van der Waals surface area contributed by atoms with E-state index in [0.29, 0.717) is 17.7 Å². The van der Waals surface area contributed by atoms with Crippen LogP contribution in [0.5, 0.6) is 5.75 Å². The van der Waals surface area contributed by atoms with Crippen LogP contribution in [0.2, 0.25) is 0 Å². The molecule has 0 saturated heterocycles. The first-order valence-corrected chi connectivity index (χ1v) is 8.82. The molecule has 4 nitrogen and oxygen atoms in total. The Morgan fingerprint density at radius 2 is 1.68 bits per heavy atom. The average molecular weight is 433 g/mol. The number of carbonyl (C=O) groups excluding carboxylic acids is 1. The van der Waals surface area contributed by atoms with E-state index in [1.165, 1.54) is 24.5 Å². The molecular weight excluding hydrogens is 421 g/mol. The number of fused-ring (bicyclic) bond motifs is 1. The van der Waals surface area contributed by atoms with Gasteiger partial charge in [-0.15, -0.1) is 0 Å². The van der Waals surface area contributed by atoms with Crippen molar-refractivity contribution in [2.45, 2.75) is 6.18 Å². The fourth-order valence-electron chi connectivity index (χ4n) is 3.17. The molecule has 9 heteroatoms. The number of furan rings is 1. The molecule has 1 aromatic heterocycles. The first-order chi connectivity index (χ1) is 14.6. The molecule has 31 heavy (non-hydrogen) atoms. The number of carbonyl (C=O) groups is 1. The summed E-state index contributed by atoms with van der Waals surface area (Å²) in [5.74, 6) is -3.23. The summed E-state index contributed by atoms with van der Waals surface area (Å²) in [5.41, 5.74) is -1.66. The van der Waals surface area contributed by atoms with Crippen LogP contribution >= 0.6 is 0 Å². The number of phenols is 1. The van der Waals surface area contributed by atoms with Gasteiger partial charge in [-0.3, -0.25) is 4.79 Å². The van der Waals surface area contributed by atoms with E-state index >= 15 is 0 Å². The first kappa shape index (κ1) is 20.4. The molecule has 0 saturated carbocycles. The SMILES string of the molecule is O=C(Nc1cc(C(F)(F)F)ccc1-c1ccc(F)cc1F)c1ccc2occc2c1O. The second-order valence-electron chi connectivity index (χ2n) is 6.63. The van der Waals surface area contributed by atoms with Crippen LogP contribution in [-0.4, -0.2) is 11.0 Å². The maximum Gasteiger partial charge on any atom is 0.416 e. The maximum absolute atomic E-state index is 14.3. The molecule has 4 rings (SSSR count). The van der Waals surface area contributed by atoms with Crippen molar-refractivity contribution in [3.8, 4) is 16.9 Å². The van der Waals surface area contributed by atoms with Crippen LogP contribution in [-0.2, 0) is 6.18 Å². The van der Waals surface area contributed by atoms with E-state index in [1.807, 2.05) is 0 Å². The molecule has 0 aliphatic carbocycles. The Hall–Kier alpha value is -3.88. The number of benzene rings is 3. The molecular formula is C22H12F5NO3. The molecule has 2 N–H and O–H groups in total. The Morgan fingerprint density at radius 1 is 0.935 bits per heavy atom. The number of alkyl halides is 3. The van der Waals surface area contributed by atoms with E-state index < -0.39 is 35.0 Å². The van der Waals surface area contributed by atoms with Gasteiger partial charge in [0.05, 0.1) is 22.8 Å². The van der Waals surface area contributed by atoms with Crippen LogP contribution in [0.1, 0.15) is 15.9 Å². The summed E-state index contributed by atoms with van der Waals surface area (Å²) in [7, 11) is 0. The third-order valence-electron chi connectivity index (χ3n) is 4.67. The van der Waals surface area contributed by atoms with Gasteiger partial charge in [0.1, 0.15) is 23.0 Å². The van der Waals surface area contributed by atoms with E-state index in [2.05, 4.69) is 5.32 Å². The molecule has 1 heterocycles. The Kier molecular flexibility index (Phi) is 4.88. The van der Waals surface area contributed by atoms with Gasteiger partial charge in [0.25, 0.3) is 5.91 Å². The lowest BCUT2D eigenvalue weighted by Gasteiger charge is -2.16. The highest BCUT2D eigenvalue weighted by Crippen LogP contribution is 2.38. The molecule has 0 atom stereocenters. The lowest BCUT2D eigenvalue weighted by molar-refractivity contribution is -0.137. The van der Waals surface area contributed by atoms with Crippen molar-refractivity contribution >= 4 is 22.6 Å². The van der Waals surface area contributed by atoms with Crippen molar-refractivity contribution in [1.29, 1.82) is 0 Å². The summed E-state index contributed by atoms with van der Waals surface area (Å²) in [6, 6.07) is 9.00. The fraction of sp³-hybridized carbons (Fsp3) is 0.0455. The molecule has 0 unspecified atom stereocenters. The monoisotopic (exact) mass is 433 g/mol. The quantitative estimate of drug-likeness (QED) is 0.370. The van der Waals surface area contributed by atoms with Crippen LogP contribution in [0.3, 0.4) is 0 Å². The second kappa shape index (κ2) is 7.42. The van der Waals surface area contributed by atoms with E-state index in [9.17, 15) is 31.9 Å². The zero-order valence-electron chi connectivity index (χ0n) is 15.4. The summed E-state index contributed by atoms with van der Waals surface area (Å²) in [6.07, 6.45) is -3.43. The molecule has 1 amide bonds. The Morgan fingerprint density at radius 3 is 2.39 bits per heavy atom. The largest absolute Gasteiger partial charge is 0.506 e. The number of anilines is 1. The van der Waals surface area contributed by atoms with Crippen molar-refractivity contribution in [2.24, 2.45) is 0 Å². The van der Waals surface area contributed by atoms with E-state index in [4.69, 9.17) is 4.42 Å². The molecule has 3 aromatic carbocycles. The number of amides is 1. The summed E-state index contributed by atoms with van der Waals surface area (Å²) in [4.78, 5) is 12.7. The van der Waals surface area contributed by atoms with Gasteiger partial charge in [0.2, 0.25) is 0 Å². The van der Waals surface area contributed by atoms with E-state index in [-0.39, 0.29) is 27.8 Å². The van der Waals surface area contributed by atoms with Crippen LogP contribution in [0.15, 0.2) is 65.3 Å². The number of phenolic OH excluding ortho intramolecular Hbond substituents is 1. The van der Waals surface area contributed by atoms with Crippen LogP contribution in [0.25, 0.3) is 22.1 Å². The second-order valence-corrected chi connectivity index (χ2v) is 6.63. The van der Waals surface area contributed by atoms with Crippen molar-refractivity contribution in [2.75, 3.05) is 5.32 Å². The van der Waals surface area contributed by atoms with Crippen LogP contribution in [0, 0.1) is 11.6 Å². The number of halogens is 5. The lowest BCUT2D eigenvalue weighted by atomic mass is 10.00. The Balaban J connectivity index is 1.81. The van der Waals surface area contributed by atoms with E-state index in [0.717, 1.165) is 24.3 Å². The van der Waals surface area contributed by atoms with Gasteiger partial charge in [0.15, 0.2) is 0 Å². The summed E-state index contributed by atoms with van der Waals surface area (Å²) in [6.45, 7) is 0. The topological polar surface area (TPSA) is 62.5 Å². The zero-order chi connectivity index (χ0) is 22.3. The number of hydrogen-bond donors (Lipinski definition) is 2. The molecule has 4 aromatic rings. The van der Waals surface area contributed by atoms with Crippen LogP contribution < -0.4 is 5.32 Å². The normalized spacial score (nSPS) is 11.6. The third-order valence-corrected chi connectivity index (χ3v) is 4.67. The van der Waals surface area contributed by atoms with E-state index in [1.54, 1.807) is 0 Å². The predicted molar refractivity (Wildman–Crippen MR) is 103 cm³/mol. The smallest absolute Gasteiger partial charge is 0.416 e. The van der Waals surface area contributed by atoms with Gasteiger partial charge in [-0.1, -0.05) is 6.07 Å². The molecule has 0 radical (unpaired) electrons. The number of rotatable bonds is 3. The van der Waals surface area contributed by atoms with Gasteiger partial charge in [0, 0.05) is 22.9 Å². The number of aromatic hydroxyl groups is 1. The predicted octanol–water partition coefficient (Wildman–Crippen LogP) is 6.35. The highest BCUT2D eigenvalue weighted by Gasteiger charge is 2.31. The minimum Gasteiger partial charge on any atom is -0.506 e. The molecule has 0 aliphatic rings. The third kappa shape index (κ3) is 3.81. The van der Waals surface area contributed by atoms with Crippen molar-refractivity contribution in [3.05, 3.63) is 83.6 Å². The maximum atomic E-state index is 14.3. The van der Waals surface area contributed by atoms with Gasteiger partial charge < -0.3 is 14.8 Å². The van der Waals surface area contributed by atoms with Gasteiger partial charge in [-0.25, -0.2) is 8.78 Å². The highest BCUT2D eigenvalue weighted by molar-refractivity contribution is 6.10. The summed E-state index contributed by atoms with van der Waals surface area (Å²) >= 11 is 0. The Bertz CT molecular complexity index is 1310. The van der Waals surface area contributed by atoms with Crippen molar-refractivity contribution in [1.82, 2.24) is 0 Å². The molecule has 0 bridgehead atoms. The van der Waals surface area contributed by atoms with Gasteiger partial charge in [-0.05, 0) is 42.5 Å². The number of hydrogen-bond acceptors (Lipinski definition) is 3. The van der Waals surface area contributed by atoms with Gasteiger partial charge in [-0.2, -0.15) is 13.2 Å². The summed E-state index contributed by atoms with van der Waals surface area (Å²) < 4.78 is 72.3. The zero-order valence-corrected chi connectivity index (χ0v) is 15.4. The Labute approximate surface area is 171 Å². The minimum absolute atomic E-state index is 0.0947. The van der Waals surface area contributed by atoms with Gasteiger partial charge >= 0.3 is 6.18 Å². The lowest BCUT2D eigenvalue weighted by Crippen LogP contribution is -2.14. The van der Waals surface area contributed by atoms with Crippen molar-refractivity contribution in [3.63, 3.8) is 0 Å². The minimum atomic E-state index is -4.73. The van der Waals surface area contributed by atoms with Crippen molar-refractivity contribution < 1.29 is 36.3 Å². The average Bonchev–Trinajstić information content (AvgIpc) is 3.17. The first-order valence-electron chi connectivity index (χ1n) is 8.82. The standard InChI is InChI=1S/C22H12F5NO3/c23-12-2-4-13(17(24)10-12)14-3-1-11(22(25,26)27)9-18(14)28-21(30)16-5-6-19-15(20(16)29)7-8-31-19/h1-10,29H,(H,28,30). The molecule has 0 fully saturated rings. The molecule has 158 valence electrons. The highest BCUT2D eigenvalue weighted by atomic mass is 19.4. The summed E-state index contributed by atoms with van der Waals surface area (Å²) in [5, 5.41) is 12.9. The molecule has 0 aliphatic heterocycles. The van der Waals surface area contributed by atoms with Crippen LogP contribution in [0.4, 0.5) is 27.6 Å². The molecule has 0 spiro atoms. The fourth-order valence-corrected chi connectivity index (χ4v) is 3.17.